The minimum atomic E-state index is 0.726. The van der Waals surface area contributed by atoms with Gasteiger partial charge < -0.3 is 4.90 Å². The first-order valence-electron chi connectivity index (χ1n) is 4.92. The van der Waals surface area contributed by atoms with Gasteiger partial charge in [0.15, 0.2) is 0 Å². The molecule has 2 nitrogen and oxygen atoms in total. The number of likely N-dealkylation sites (tertiary alicyclic amines) is 1. The number of hydrogen-bond acceptors (Lipinski definition) is 2. The van der Waals surface area contributed by atoms with Crippen LogP contribution in [-0.4, -0.2) is 24.5 Å². The molecule has 0 N–H and O–H groups in total. The average Bonchev–Trinajstić information content (AvgIpc) is 2.45. The first-order chi connectivity index (χ1) is 5.83. The second-order valence-electron chi connectivity index (χ2n) is 3.81. The van der Waals surface area contributed by atoms with E-state index in [0.717, 1.165) is 18.8 Å². The Hall–Kier alpha value is -0.550. The summed E-state index contributed by atoms with van der Waals surface area (Å²) in [4.78, 5) is 2.52. The molecule has 0 aromatic rings. The Kier molecular flexibility index (Phi) is 4.10. The molecule has 0 bridgehead atoms. The van der Waals surface area contributed by atoms with Gasteiger partial charge in [-0.15, -0.1) is 0 Å². The predicted molar refractivity (Wildman–Crippen MR) is 49.7 cm³/mol. The van der Waals surface area contributed by atoms with Gasteiger partial charge in [-0.1, -0.05) is 6.92 Å². The summed E-state index contributed by atoms with van der Waals surface area (Å²) < 4.78 is 0. The molecule has 68 valence electrons. The average molecular weight is 166 g/mol. The van der Waals surface area contributed by atoms with Gasteiger partial charge in [0.25, 0.3) is 0 Å². The first-order valence-corrected chi connectivity index (χ1v) is 4.92. The Morgan fingerprint density at radius 1 is 1.50 bits per heavy atom. The van der Waals surface area contributed by atoms with Crippen LogP contribution in [0.5, 0.6) is 0 Å². The summed E-state index contributed by atoms with van der Waals surface area (Å²) in [5, 5.41) is 8.34. The molecule has 1 unspecified atom stereocenters. The molecule has 1 atom stereocenters. The Labute approximate surface area is 75.2 Å². The van der Waals surface area contributed by atoms with Gasteiger partial charge in [0.2, 0.25) is 0 Å². The van der Waals surface area contributed by atoms with Gasteiger partial charge in [0.1, 0.15) is 0 Å². The highest BCUT2D eigenvalue weighted by molar-refractivity contribution is 4.73. The molecule has 0 spiro atoms. The van der Waals surface area contributed by atoms with E-state index in [-0.39, 0.29) is 0 Å². The summed E-state index contributed by atoms with van der Waals surface area (Å²) in [5.41, 5.74) is 0. The lowest BCUT2D eigenvalue weighted by molar-refractivity contribution is 0.320. The number of nitrogens with zero attached hydrogens (tertiary/aromatic N) is 2. The van der Waals surface area contributed by atoms with Crippen LogP contribution in [0.1, 0.15) is 32.6 Å². The lowest BCUT2D eigenvalue weighted by Gasteiger charge is -2.13. The molecule has 1 saturated heterocycles. The molecule has 12 heavy (non-hydrogen) atoms. The van der Waals surface area contributed by atoms with Gasteiger partial charge in [-0.3, -0.25) is 0 Å². The van der Waals surface area contributed by atoms with Crippen LogP contribution in [0.4, 0.5) is 0 Å². The molecular formula is C10H18N2. The van der Waals surface area contributed by atoms with Crippen molar-refractivity contribution in [2.24, 2.45) is 5.92 Å². The lowest BCUT2D eigenvalue weighted by Crippen LogP contribution is -2.21. The molecule has 2 heteroatoms. The minimum absolute atomic E-state index is 0.726. The third-order valence-electron chi connectivity index (χ3n) is 2.52. The minimum Gasteiger partial charge on any atom is -0.303 e. The Balaban J connectivity index is 1.97. The summed E-state index contributed by atoms with van der Waals surface area (Å²) in [6.45, 7) is 6.06. The highest BCUT2D eigenvalue weighted by Gasteiger charge is 2.17. The van der Waals surface area contributed by atoms with Gasteiger partial charge >= 0.3 is 0 Å². The van der Waals surface area contributed by atoms with Crippen molar-refractivity contribution in [1.82, 2.24) is 4.90 Å². The van der Waals surface area contributed by atoms with Crippen molar-refractivity contribution < 1.29 is 0 Å². The third kappa shape index (κ3) is 3.23. The second kappa shape index (κ2) is 5.16. The van der Waals surface area contributed by atoms with E-state index in [1.807, 2.05) is 0 Å². The van der Waals surface area contributed by atoms with Gasteiger partial charge in [-0.2, -0.15) is 5.26 Å². The number of hydrogen-bond donors (Lipinski definition) is 0. The van der Waals surface area contributed by atoms with E-state index in [9.17, 15) is 0 Å². The van der Waals surface area contributed by atoms with Gasteiger partial charge in [0, 0.05) is 13.0 Å². The van der Waals surface area contributed by atoms with Crippen molar-refractivity contribution in [3.05, 3.63) is 0 Å². The van der Waals surface area contributed by atoms with Crippen molar-refractivity contribution in [2.45, 2.75) is 32.6 Å². The predicted octanol–water partition coefficient (Wildman–Crippen LogP) is 2.02. The Morgan fingerprint density at radius 3 is 2.92 bits per heavy atom. The quantitative estimate of drug-likeness (QED) is 0.597. The van der Waals surface area contributed by atoms with E-state index in [1.54, 1.807) is 0 Å². The van der Waals surface area contributed by atoms with E-state index in [0.29, 0.717) is 0 Å². The largest absolute Gasteiger partial charge is 0.303 e. The fraction of sp³-hybridized carbons (Fsp3) is 0.900. The number of unbranched alkanes of at least 4 members (excludes halogenated alkanes) is 2. The molecule has 0 saturated carbocycles. The summed E-state index contributed by atoms with van der Waals surface area (Å²) in [5.74, 6) is 0.890. The number of rotatable bonds is 4. The molecule has 0 amide bonds. The first kappa shape index (κ1) is 9.54. The van der Waals surface area contributed by atoms with Crippen molar-refractivity contribution >= 4 is 0 Å². The molecule has 1 aliphatic heterocycles. The van der Waals surface area contributed by atoms with Crippen molar-refractivity contribution in [2.75, 3.05) is 19.6 Å². The molecule has 0 aromatic carbocycles. The van der Waals surface area contributed by atoms with Crippen LogP contribution in [0.15, 0.2) is 0 Å². The fourth-order valence-corrected chi connectivity index (χ4v) is 1.77. The van der Waals surface area contributed by atoms with Crippen LogP contribution >= 0.6 is 0 Å². The molecule has 0 radical (unpaired) electrons. The summed E-state index contributed by atoms with van der Waals surface area (Å²) in [6.07, 6.45) is 4.35. The van der Waals surface area contributed by atoms with Gasteiger partial charge in [-0.05, 0) is 38.3 Å². The Morgan fingerprint density at radius 2 is 2.33 bits per heavy atom. The molecule has 1 fully saturated rings. The van der Waals surface area contributed by atoms with E-state index in [2.05, 4.69) is 17.9 Å². The third-order valence-corrected chi connectivity index (χ3v) is 2.52. The zero-order valence-electron chi connectivity index (χ0n) is 7.92. The van der Waals surface area contributed by atoms with E-state index in [1.165, 1.54) is 32.5 Å². The molecule has 1 rings (SSSR count). The molecular weight excluding hydrogens is 148 g/mol. The topological polar surface area (TPSA) is 27.0 Å². The maximum absolute atomic E-state index is 8.34. The smallest absolute Gasteiger partial charge is 0.0621 e. The zero-order valence-corrected chi connectivity index (χ0v) is 7.92. The lowest BCUT2D eigenvalue weighted by atomic mass is 10.2. The monoisotopic (exact) mass is 166 g/mol. The van der Waals surface area contributed by atoms with Gasteiger partial charge in [0.05, 0.1) is 6.07 Å². The number of nitriles is 1. The fourth-order valence-electron chi connectivity index (χ4n) is 1.77. The maximum atomic E-state index is 8.34. The highest BCUT2D eigenvalue weighted by atomic mass is 15.1. The SMILES string of the molecule is CC1CCN(CCCCC#N)C1. The molecule has 1 aliphatic rings. The Bertz CT molecular complexity index is 160. The van der Waals surface area contributed by atoms with Crippen LogP contribution in [0.25, 0.3) is 0 Å². The summed E-state index contributed by atoms with van der Waals surface area (Å²) >= 11 is 0. The molecule has 1 heterocycles. The van der Waals surface area contributed by atoms with E-state index in [4.69, 9.17) is 5.26 Å². The van der Waals surface area contributed by atoms with Crippen LogP contribution < -0.4 is 0 Å². The van der Waals surface area contributed by atoms with Crippen LogP contribution in [0.2, 0.25) is 0 Å². The van der Waals surface area contributed by atoms with Crippen LogP contribution in [0.3, 0.4) is 0 Å². The van der Waals surface area contributed by atoms with Crippen molar-refractivity contribution in [1.29, 1.82) is 5.26 Å². The highest BCUT2D eigenvalue weighted by Crippen LogP contribution is 2.15. The normalized spacial score (nSPS) is 24.2. The van der Waals surface area contributed by atoms with Crippen molar-refractivity contribution in [3.63, 3.8) is 0 Å². The zero-order chi connectivity index (χ0) is 8.81. The second-order valence-corrected chi connectivity index (χ2v) is 3.81. The van der Waals surface area contributed by atoms with Crippen molar-refractivity contribution in [3.8, 4) is 6.07 Å². The maximum Gasteiger partial charge on any atom is 0.0621 e. The van der Waals surface area contributed by atoms with Crippen LogP contribution in [-0.2, 0) is 0 Å². The molecule has 0 aliphatic carbocycles. The van der Waals surface area contributed by atoms with Gasteiger partial charge in [-0.25, -0.2) is 0 Å². The van der Waals surface area contributed by atoms with Crippen LogP contribution in [0, 0.1) is 17.2 Å². The molecule has 0 aromatic heterocycles. The summed E-state index contributed by atoms with van der Waals surface area (Å²) in [7, 11) is 0. The summed E-state index contributed by atoms with van der Waals surface area (Å²) in [6, 6.07) is 2.18. The van der Waals surface area contributed by atoms with E-state index >= 15 is 0 Å². The standard InChI is InChI=1S/C10H18N2/c1-10-5-8-12(9-10)7-4-2-3-6-11/h10H,2-5,7-9H2,1H3. The van der Waals surface area contributed by atoms with E-state index < -0.39 is 0 Å².